The second kappa shape index (κ2) is 6.53. The van der Waals surface area contributed by atoms with Crippen LogP contribution in [0.4, 0.5) is 0 Å². The Bertz CT molecular complexity index is 987. The van der Waals surface area contributed by atoms with Crippen LogP contribution < -0.4 is 0 Å². The molecule has 0 radical (unpaired) electrons. The maximum atomic E-state index is 12.5. The number of carbonyl (C=O) groups is 1. The van der Waals surface area contributed by atoms with Crippen molar-refractivity contribution in [3.63, 3.8) is 0 Å². The van der Waals surface area contributed by atoms with Crippen LogP contribution in [0.15, 0.2) is 72.8 Å². The molecule has 0 amide bonds. The summed E-state index contributed by atoms with van der Waals surface area (Å²) in [6, 6.07) is 25.5. The quantitative estimate of drug-likeness (QED) is 0.421. The minimum Gasteiger partial charge on any atom is -0.282 e. The summed E-state index contributed by atoms with van der Waals surface area (Å²) in [7, 11) is 0. The lowest BCUT2D eigenvalue weighted by atomic mass is 9.54. The van der Waals surface area contributed by atoms with Crippen LogP contribution in [0, 0.1) is 0 Å². The Morgan fingerprint density at radius 3 is 1.57 bits per heavy atom. The Morgan fingerprint density at radius 1 is 0.786 bits per heavy atom. The summed E-state index contributed by atoms with van der Waals surface area (Å²) in [6.45, 7) is 0. The van der Waals surface area contributed by atoms with Gasteiger partial charge in [0.25, 0.3) is 3.79 Å². The molecular weight excluding hydrogens is 431 g/mol. The zero-order valence-electron chi connectivity index (χ0n) is 14.7. The predicted molar refractivity (Wildman–Crippen MR) is 118 cm³/mol. The molecule has 0 N–H and O–H groups in total. The van der Waals surface area contributed by atoms with Crippen molar-refractivity contribution in [2.45, 2.75) is 15.1 Å². The monoisotopic (exact) mass is 444 g/mol. The average Bonchev–Trinajstić information content (AvgIpc) is 2.71. The second-order valence-electron chi connectivity index (χ2n) is 7.17. The van der Waals surface area contributed by atoms with E-state index in [1.807, 2.05) is 0 Å². The normalized spacial score (nSPS) is 21.6. The van der Waals surface area contributed by atoms with Gasteiger partial charge in [-0.05, 0) is 33.4 Å². The van der Waals surface area contributed by atoms with Gasteiger partial charge >= 0.3 is 0 Å². The zero-order chi connectivity index (χ0) is 19.5. The second-order valence-corrected chi connectivity index (χ2v) is 10.4. The van der Waals surface area contributed by atoms with E-state index in [1.54, 1.807) is 0 Å². The predicted octanol–water partition coefficient (Wildman–Crippen LogP) is 6.46. The first kappa shape index (κ1) is 18.6. The number of thioether (sulfide) groups is 1. The molecule has 0 heterocycles. The standard InChI is InChI=1S/C23H15Cl3OS/c24-23(25,26)21(27)28-13-22-17-10-4-1-7-14(17)20(15-8-2-5-11-18(15)22)16-9-3-6-12-19(16)22/h1-12,20H,13H2. The fourth-order valence-electron chi connectivity index (χ4n) is 4.84. The fourth-order valence-corrected chi connectivity index (χ4v) is 6.31. The lowest BCUT2D eigenvalue weighted by Gasteiger charge is -2.50. The van der Waals surface area contributed by atoms with Gasteiger partial charge in [-0.2, -0.15) is 0 Å². The van der Waals surface area contributed by atoms with Gasteiger partial charge < -0.3 is 0 Å². The number of halogens is 3. The molecule has 3 aliphatic rings. The van der Waals surface area contributed by atoms with Crippen molar-refractivity contribution in [3.05, 3.63) is 106 Å². The number of hydrogen-bond acceptors (Lipinski definition) is 2. The number of benzene rings is 3. The molecule has 2 bridgehead atoms. The van der Waals surface area contributed by atoms with Crippen molar-refractivity contribution in [1.82, 2.24) is 0 Å². The molecule has 28 heavy (non-hydrogen) atoms. The van der Waals surface area contributed by atoms with E-state index in [2.05, 4.69) is 72.8 Å². The summed E-state index contributed by atoms with van der Waals surface area (Å²) in [5.74, 6) is 0.691. The van der Waals surface area contributed by atoms with Crippen LogP contribution >= 0.6 is 46.6 Å². The van der Waals surface area contributed by atoms with Crippen LogP contribution in [0.5, 0.6) is 0 Å². The minimum atomic E-state index is -1.92. The topological polar surface area (TPSA) is 17.1 Å². The van der Waals surface area contributed by atoms with Crippen molar-refractivity contribution in [3.8, 4) is 0 Å². The molecule has 140 valence electrons. The first-order valence-corrected chi connectivity index (χ1v) is 11.1. The van der Waals surface area contributed by atoms with E-state index in [-0.39, 0.29) is 5.92 Å². The van der Waals surface area contributed by atoms with E-state index in [0.29, 0.717) is 5.75 Å². The molecule has 3 aromatic rings. The smallest absolute Gasteiger partial charge is 0.259 e. The minimum absolute atomic E-state index is 0.208. The van der Waals surface area contributed by atoms with Crippen LogP contribution in [-0.4, -0.2) is 14.7 Å². The lowest BCUT2D eigenvalue weighted by molar-refractivity contribution is -0.110. The van der Waals surface area contributed by atoms with Crippen molar-refractivity contribution in [1.29, 1.82) is 0 Å². The van der Waals surface area contributed by atoms with E-state index >= 15 is 0 Å². The Morgan fingerprint density at radius 2 is 1.18 bits per heavy atom. The Labute approximate surface area is 183 Å². The number of alkyl halides is 3. The largest absolute Gasteiger partial charge is 0.282 e. The Kier molecular flexibility index (Phi) is 4.33. The van der Waals surface area contributed by atoms with Gasteiger partial charge in [0.15, 0.2) is 0 Å². The SMILES string of the molecule is O=C(SCC12c3ccccc3C(c3ccccc31)c1ccccc12)C(Cl)(Cl)Cl. The zero-order valence-corrected chi connectivity index (χ0v) is 17.7. The van der Waals surface area contributed by atoms with Crippen molar-refractivity contribution in [2.75, 3.05) is 5.75 Å². The molecular formula is C23H15Cl3OS. The summed E-state index contributed by atoms with van der Waals surface area (Å²) < 4.78 is -1.92. The van der Waals surface area contributed by atoms with Gasteiger partial charge in [0, 0.05) is 11.7 Å². The molecule has 0 atom stereocenters. The van der Waals surface area contributed by atoms with Crippen LogP contribution in [0.2, 0.25) is 0 Å². The van der Waals surface area contributed by atoms with E-state index in [9.17, 15) is 4.79 Å². The molecule has 0 saturated heterocycles. The van der Waals surface area contributed by atoms with E-state index in [0.717, 1.165) is 11.8 Å². The molecule has 5 heteroatoms. The maximum absolute atomic E-state index is 12.5. The van der Waals surface area contributed by atoms with E-state index in [4.69, 9.17) is 34.8 Å². The number of carbonyl (C=O) groups excluding carboxylic acids is 1. The van der Waals surface area contributed by atoms with Gasteiger partial charge in [0.1, 0.15) is 0 Å². The molecule has 0 fully saturated rings. The first-order chi connectivity index (χ1) is 13.4. The highest BCUT2D eigenvalue weighted by molar-refractivity contribution is 8.14. The van der Waals surface area contributed by atoms with E-state index < -0.39 is 14.3 Å². The summed E-state index contributed by atoms with van der Waals surface area (Å²) in [5, 5.41) is -0.452. The molecule has 0 aromatic heterocycles. The number of rotatable bonds is 2. The van der Waals surface area contributed by atoms with Crippen LogP contribution in [0.3, 0.4) is 0 Å². The van der Waals surface area contributed by atoms with Crippen LogP contribution in [0.1, 0.15) is 39.3 Å². The van der Waals surface area contributed by atoms with Gasteiger partial charge in [0.05, 0.1) is 5.41 Å². The van der Waals surface area contributed by atoms with Crippen LogP contribution in [-0.2, 0) is 10.2 Å². The molecule has 3 aliphatic carbocycles. The van der Waals surface area contributed by atoms with Gasteiger partial charge in [0.2, 0.25) is 5.12 Å². The summed E-state index contributed by atoms with van der Waals surface area (Å²) in [5.41, 5.74) is 7.14. The van der Waals surface area contributed by atoms with Crippen molar-refractivity contribution >= 4 is 51.7 Å². The third-order valence-corrected chi connectivity index (χ3v) is 7.84. The van der Waals surface area contributed by atoms with Crippen molar-refractivity contribution in [2.24, 2.45) is 0 Å². The van der Waals surface area contributed by atoms with Gasteiger partial charge in [-0.1, -0.05) is 119 Å². The summed E-state index contributed by atoms with van der Waals surface area (Å²) in [4.78, 5) is 12.5. The average molecular weight is 446 g/mol. The molecule has 1 nitrogen and oxygen atoms in total. The Balaban J connectivity index is 1.78. The van der Waals surface area contributed by atoms with Crippen LogP contribution in [0.25, 0.3) is 0 Å². The third-order valence-electron chi connectivity index (χ3n) is 5.85. The lowest BCUT2D eigenvalue weighted by Crippen LogP contribution is -2.44. The van der Waals surface area contributed by atoms with E-state index in [1.165, 1.54) is 33.4 Å². The van der Waals surface area contributed by atoms with Crippen molar-refractivity contribution < 1.29 is 4.79 Å². The molecule has 0 saturated carbocycles. The fraction of sp³-hybridized carbons (Fsp3) is 0.174. The first-order valence-electron chi connectivity index (χ1n) is 8.97. The molecule has 0 aliphatic heterocycles. The number of hydrogen-bond donors (Lipinski definition) is 0. The van der Waals surface area contributed by atoms with Gasteiger partial charge in [-0.3, -0.25) is 4.79 Å². The highest BCUT2D eigenvalue weighted by atomic mass is 35.6. The Hall–Kier alpha value is -1.45. The highest BCUT2D eigenvalue weighted by Gasteiger charge is 2.52. The third kappa shape index (κ3) is 2.52. The van der Waals surface area contributed by atoms with Gasteiger partial charge in [-0.15, -0.1) is 0 Å². The summed E-state index contributed by atoms with van der Waals surface area (Å²) in [6.07, 6.45) is 0. The molecule has 3 aromatic carbocycles. The summed E-state index contributed by atoms with van der Waals surface area (Å²) >= 11 is 18.7. The highest BCUT2D eigenvalue weighted by Crippen LogP contribution is 2.60. The molecule has 0 unspecified atom stereocenters. The molecule has 0 spiro atoms. The maximum Gasteiger partial charge on any atom is 0.259 e. The molecule has 6 rings (SSSR count). The van der Waals surface area contributed by atoms with Gasteiger partial charge in [-0.25, -0.2) is 0 Å².